The average molecular weight is 477 g/mol. The zero-order valence-electron chi connectivity index (χ0n) is 19.4. The van der Waals surface area contributed by atoms with E-state index in [9.17, 15) is 14.7 Å². The van der Waals surface area contributed by atoms with Crippen molar-refractivity contribution in [3.05, 3.63) is 94.3 Å². The minimum Gasteiger partial charge on any atom is -0.507 e. The van der Waals surface area contributed by atoms with E-state index in [4.69, 9.17) is 16.3 Å². The molecule has 0 spiro atoms. The van der Waals surface area contributed by atoms with Crippen molar-refractivity contribution in [1.82, 2.24) is 4.98 Å². The average Bonchev–Trinajstić information content (AvgIpc) is 3.09. The predicted molar refractivity (Wildman–Crippen MR) is 132 cm³/mol. The van der Waals surface area contributed by atoms with Gasteiger partial charge >= 0.3 is 0 Å². The van der Waals surface area contributed by atoms with E-state index in [2.05, 4.69) is 25.8 Å². The highest BCUT2D eigenvalue weighted by molar-refractivity contribution is 6.51. The smallest absolute Gasteiger partial charge is 0.300 e. The number of benzene rings is 2. The number of aliphatic hydroxyl groups excluding tert-OH is 1. The number of anilines is 1. The Labute approximate surface area is 203 Å². The number of ether oxygens (including phenoxy) is 1. The molecule has 0 saturated carbocycles. The number of methoxy groups -OCH3 is 1. The van der Waals surface area contributed by atoms with E-state index >= 15 is 0 Å². The topological polar surface area (TPSA) is 79.7 Å². The van der Waals surface area contributed by atoms with E-state index in [1.54, 1.807) is 36.7 Å². The maximum Gasteiger partial charge on any atom is 0.300 e. The number of pyridine rings is 1. The third kappa shape index (κ3) is 4.17. The molecule has 1 fully saturated rings. The van der Waals surface area contributed by atoms with Gasteiger partial charge in [-0.3, -0.25) is 19.5 Å². The number of hydrogen-bond donors (Lipinski definition) is 1. The number of halogens is 1. The molecule has 1 aliphatic heterocycles. The second-order valence-electron chi connectivity index (χ2n) is 9.10. The lowest BCUT2D eigenvalue weighted by molar-refractivity contribution is -0.132. The Morgan fingerprint density at radius 1 is 1.09 bits per heavy atom. The van der Waals surface area contributed by atoms with Gasteiger partial charge in [0.05, 0.1) is 23.7 Å². The molecular weight excluding hydrogens is 452 g/mol. The fourth-order valence-corrected chi connectivity index (χ4v) is 4.30. The molecule has 2 heterocycles. The molecule has 174 valence electrons. The molecule has 1 atom stereocenters. The maximum absolute atomic E-state index is 13.2. The summed E-state index contributed by atoms with van der Waals surface area (Å²) >= 11 is 6.24. The van der Waals surface area contributed by atoms with Gasteiger partial charge in [0.1, 0.15) is 11.5 Å². The van der Waals surface area contributed by atoms with Gasteiger partial charge in [-0.2, -0.15) is 0 Å². The normalized spacial score (nSPS) is 17.8. The van der Waals surface area contributed by atoms with Crippen LogP contribution in [0.4, 0.5) is 5.69 Å². The minimum atomic E-state index is -0.852. The van der Waals surface area contributed by atoms with Gasteiger partial charge in [0.15, 0.2) is 0 Å². The summed E-state index contributed by atoms with van der Waals surface area (Å²) in [7, 11) is 1.49. The van der Waals surface area contributed by atoms with Gasteiger partial charge in [-0.15, -0.1) is 0 Å². The number of rotatable bonds is 4. The van der Waals surface area contributed by atoms with Crippen molar-refractivity contribution in [2.24, 2.45) is 0 Å². The van der Waals surface area contributed by atoms with Gasteiger partial charge < -0.3 is 9.84 Å². The lowest BCUT2D eigenvalue weighted by Crippen LogP contribution is -2.29. The first-order valence-corrected chi connectivity index (χ1v) is 11.2. The van der Waals surface area contributed by atoms with E-state index in [1.807, 2.05) is 24.3 Å². The van der Waals surface area contributed by atoms with Crippen LogP contribution in [-0.2, 0) is 15.0 Å². The zero-order valence-corrected chi connectivity index (χ0v) is 20.1. The van der Waals surface area contributed by atoms with Crippen LogP contribution in [0.5, 0.6) is 5.75 Å². The maximum atomic E-state index is 13.2. The molecular formula is C27H25ClN2O4. The summed E-state index contributed by atoms with van der Waals surface area (Å²) in [4.78, 5) is 32.1. The molecule has 0 aliphatic carbocycles. The summed E-state index contributed by atoms with van der Waals surface area (Å²) in [5.74, 6) is -1.39. The number of nitrogens with zero attached hydrogens (tertiary/aromatic N) is 2. The first kappa shape index (κ1) is 23.5. The van der Waals surface area contributed by atoms with E-state index < -0.39 is 17.7 Å². The highest BCUT2D eigenvalue weighted by Crippen LogP contribution is 2.42. The number of amides is 1. The van der Waals surface area contributed by atoms with Crippen molar-refractivity contribution in [2.75, 3.05) is 12.0 Å². The molecule has 1 saturated heterocycles. The summed E-state index contributed by atoms with van der Waals surface area (Å²) in [6.45, 7) is 6.30. The molecule has 1 N–H and O–H groups in total. The van der Waals surface area contributed by atoms with Crippen LogP contribution < -0.4 is 9.64 Å². The minimum absolute atomic E-state index is 0.0286. The second-order valence-corrected chi connectivity index (χ2v) is 9.51. The molecule has 2 aromatic carbocycles. The Kier molecular flexibility index (Phi) is 6.19. The van der Waals surface area contributed by atoms with Crippen LogP contribution in [0, 0.1) is 0 Å². The summed E-state index contributed by atoms with van der Waals surface area (Å²) in [6.07, 6.45) is 3.19. The quantitative estimate of drug-likeness (QED) is 0.298. The van der Waals surface area contributed by atoms with Gasteiger partial charge in [-0.1, -0.05) is 50.6 Å². The van der Waals surface area contributed by atoms with Crippen LogP contribution in [0.1, 0.15) is 43.5 Å². The van der Waals surface area contributed by atoms with Crippen LogP contribution >= 0.6 is 11.6 Å². The lowest BCUT2D eigenvalue weighted by atomic mass is 9.87. The summed E-state index contributed by atoms with van der Waals surface area (Å²) in [6, 6.07) is 14.9. The standard InChI is InChI=1S/C27H25ClN2O4/c1-27(2,3)18-8-10-19(11-9-18)30-23(17-6-5-13-29-15-17)22(25(32)26(30)33)24(31)16-7-12-21(34-4)20(28)14-16/h5-15,23,31H,1-4H3/b24-22-. The SMILES string of the molecule is COc1ccc(/C(O)=C2/C(=O)C(=O)N(c3ccc(C(C)(C)C)cc3)C2c2cccnc2)cc1Cl. The van der Waals surface area contributed by atoms with Crippen molar-refractivity contribution < 1.29 is 19.4 Å². The van der Waals surface area contributed by atoms with Crippen LogP contribution in [0.2, 0.25) is 5.02 Å². The van der Waals surface area contributed by atoms with Crippen LogP contribution in [-0.4, -0.2) is 28.9 Å². The molecule has 34 heavy (non-hydrogen) atoms. The molecule has 3 aromatic rings. The largest absolute Gasteiger partial charge is 0.507 e. The molecule has 7 heteroatoms. The van der Waals surface area contributed by atoms with Crippen LogP contribution in [0.25, 0.3) is 5.76 Å². The first-order chi connectivity index (χ1) is 16.1. The summed E-state index contributed by atoms with van der Waals surface area (Å²) in [5.41, 5.74) is 2.46. The molecule has 1 amide bonds. The van der Waals surface area contributed by atoms with E-state index in [-0.39, 0.29) is 21.8 Å². The molecule has 1 unspecified atom stereocenters. The number of carbonyl (C=O) groups excluding carboxylic acids is 2. The Morgan fingerprint density at radius 3 is 2.35 bits per heavy atom. The van der Waals surface area contributed by atoms with E-state index in [1.165, 1.54) is 18.1 Å². The number of aliphatic hydroxyl groups is 1. The molecule has 6 nitrogen and oxygen atoms in total. The number of ketones is 1. The van der Waals surface area contributed by atoms with Crippen molar-refractivity contribution in [3.63, 3.8) is 0 Å². The lowest BCUT2D eigenvalue weighted by Gasteiger charge is -2.26. The number of Topliss-reactive ketones (excluding diaryl/α,β-unsaturated/α-hetero) is 1. The Hall–Kier alpha value is -3.64. The first-order valence-electron chi connectivity index (χ1n) is 10.8. The van der Waals surface area contributed by atoms with Gasteiger partial charge in [-0.25, -0.2) is 0 Å². The van der Waals surface area contributed by atoms with Crippen molar-refractivity contribution in [1.29, 1.82) is 0 Å². The fraction of sp³-hybridized carbons (Fsp3) is 0.222. The molecule has 0 radical (unpaired) electrons. The fourth-order valence-electron chi connectivity index (χ4n) is 4.04. The second kappa shape index (κ2) is 8.95. The number of aromatic nitrogens is 1. The number of carbonyl (C=O) groups is 2. The van der Waals surface area contributed by atoms with Gasteiger partial charge in [0.25, 0.3) is 11.7 Å². The zero-order chi connectivity index (χ0) is 24.6. The van der Waals surface area contributed by atoms with Crippen molar-refractivity contribution >= 4 is 34.7 Å². The van der Waals surface area contributed by atoms with Crippen LogP contribution in [0.15, 0.2) is 72.6 Å². The predicted octanol–water partition coefficient (Wildman–Crippen LogP) is 5.67. The Bertz CT molecular complexity index is 1280. The number of hydrogen-bond acceptors (Lipinski definition) is 5. The Balaban J connectivity index is 1.89. The van der Waals surface area contributed by atoms with Gasteiger partial charge in [0.2, 0.25) is 0 Å². The van der Waals surface area contributed by atoms with Crippen molar-refractivity contribution in [2.45, 2.75) is 32.2 Å². The summed E-state index contributed by atoms with van der Waals surface area (Å²) < 4.78 is 5.17. The highest BCUT2D eigenvalue weighted by Gasteiger charge is 2.47. The monoisotopic (exact) mass is 476 g/mol. The third-order valence-electron chi connectivity index (χ3n) is 5.88. The van der Waals surface area contributed by atoms with Crippen LogP contribution in [0.3, 0.4) is 0 Å². The van der Waals surface area contributed by atoms with E-state index in [0.717, 1.165) is 5.56 Å². The molecule has 1 aromatic heterocycles. The molecule has 4 rings (SSSR count). The molecule has 1 aliphatic rings. The highest BCUT2D eigenvalue weighted by atomic mass is 35.5. The Morgan fingerprint density at radius 2 is 1.79 bits per heavy atom. The van der Waals surface area contributed by atoms with Gasteiger partial charge in [0, 0.05) is 23.6 Å². The van der Waals surface area contributed by atoms with E-state index in [0.29, 0.717) is 22.6 Å². The van der Waals surface area contributed by atoms with Crippen molar-refractivity contribution in [3.8, 4) is 5.75 Å². The third-order valence-corrected chi connectivity index (χ3v) is 6.18. The van der Waals surface area contributed by atoms with Gasteiger partial charge in [-0.05, 0) is 52.9 Å². The molecule has 0 bridgehead atoms. The summed E-state index contributed by atoms with van der Waals surface area (Å²) in [5, 5.41) is 11.5.